The molecule has 2 aliphatic rings. The summed E-state index contributed by atoms with van der Waals surface area (Å²) in [5.41, 5.74) is 0. The van der Waals surface area contributed by atoms with E-state index in [1.165, 1.54) is 38.9 Å². The van der Waals surface area contributed by atoms with Crippen LogP contribution in [0, 0.1) is 0 Å². The van der Waals surface area contributed by atoms with Gasteiger partial charge in [0.15, 0.2) is 0 Å². The van der Waals surface area contributed by atoms with Gasteiger partial charge in [-0.1, -0.05) is 0 Å². The number of fused-ring (bicyclic) bond motifs is 1. The molecular formula is C11H22N2O. The Hall–Kier alpha value is -0.120. The van der Waals surface area contributed by atoms with E-state index in [2.05, 4.69) is 9.80 Å². The highest BCUT2D eigenvalue weighted by molar-refractivity contribution is 4.85. The number of aliphatic hydroxyl groups excluding tert-OH is 1. The van der Waals surface area contributed by atoms with Crippen LogP contribution in [0.2, 0.25) is 0 Å². The fraction of sp³-hybridized carbons (Fsp3) is 1.00. The van der Waals surface area contributed by atoms with Crippen LogP contribution in [0.4, 0.5) is 0 Å². The maximum Gasteiger partial charge on any atom is 0.0639 e. The highest BCUT2D eigenvalue weighted by Crippen LogP contribution is 2.21. The minimum atomic E-state index is -0.178. The molecule has 1 N–H and O–H groups in total. The van der Waals surface area contributed by atoms with Crippen LogP contribution < -0.4 is 0 Å². The van der Waals surface area contributed by atoms with Crippen molar-refractivity contribution in [2.24, 2.45) is 0 Å². The molecule has 82 valence electrons. The Morgan fingerprint density at radius 3 is 2.86 bits per heavy atom. The molecule has 0 aromatic heterocycles. The van der Waals surface area contributed by atoms with Crippen molar-refractivity contribution in [2.75, 3.05) is 32.7 Å². The summed E-state index contributed by atoms with van der Waals surface area (Å²) in [6.45, 7) is 7.64. The molecule has 2 heterocycles. The maximum atomic E-state index is 9.38. The number of hydrogen-bond acceptors (Lipinski definition) is 3. The van der Waals surface area contributed by atoms with E-state index in [9.17, 15) is 5.11 Å². The average molecular weight is 198 g/mol. The van der Waals surface area contributed by atoms with Crippen LogP contribution in [-0.4, -0.2) is 59.8 Å². The topological polar surface area (TPSA) is 26.7 Å². The lowest BCUT2D eigenvalue weighted by atomic mass is 10.2. The number of β-amino-alcohol motifs (C(OH)–C–C–N with tert-alkyl or cyclic N) is 1. The van der Waals surface area contributed by atoms with Crippen molar-refractivity contribution in [1.82, 2.24) is 9.80 Å². The van der Waals surface area contributed by atoms with E-state index in [4.69, 9.17) is 0 Å². The minimum absolute atomic E-state index is 0.178. The van der Waals surface area contributed by atoms with Gasteiger partial charge >= 0.3 is 0 Å². The average Bonchev–Trinajstić information content (AvgIpc) is 2.44. The molecule has 0 aliphatic carbocycles. The van der Waals surface area contributed by atoms with E-state index in [1.807, 2.05) is 6.92 Å². The Morgan fingerprint density at radius 1 is 1.29 bits per heavy atom. The fourth-order valence-corrected chi connectivity index (χ4v) is 2.82. The van der Waals surface area contributed by atoms with E-state index < -0.39 is 0 Å². The predicted molar refractivity (Wildman–Crippen MR) is 57.3 cm³/mol. The molecule has 2 saturated heterocycles. The van der Waals surface area contributed by atoms with E-state index >= 15 is 0 Å². The standard InChI is InChI=1S/C11H22N2O/c1-10(14)8-12-5-3-7-13-6-2-4-11(13)9-12/h10-11,14H,2-9H2,1H3/t10-,11?/m1/s1. The highest BCUT2D eigenvalue weighted by Gasteiger charge is 2.28. The van der Waals surface area contributed by atoms with Crippen LogP contribution in [0.25, 0.3) is 0 Å². The molecule has 0 amide bonds. The molecule has 0 aromatic carbocycles. The van der Waals surface area contributed by atoms with Crippen molar-refractivity contribution in [3.63, 3.8) is 0 Å². The number of aliphatic hydroxyl groups is 1. The van der Waals surface area contributed by atoms with Crippen molar-refractivity contribution in [1.29, 1.82) is 0 Å². The monoisotopic (exact) mass is 198 g/mol. The highest BCUT2D eigenvalue weighted by atomic mass is 16.3. The molecule has 2 atom stereocenters. The number of nitrogens with zero attached hydrogens (tertiary/aromatic N) is 2. The van der Waals surface area contributed by atoms with Crippen LogP contribution in [0.15, 0.2) is 0 Å². The summed E-state index contributed by atoms with van der Waals surface area (Å²) in [4.78, 5) is 5.06. The van der Waals surface area contributed by atoms with Gasteiger partial charge in [0.05, 0.1) is 6.10 Å². The van der Waals surface area contributed by atoms with E-state index in [0.29, 0.717) is 0 Å². The molecule has 0 aromatic rings. The number of rotatable bonds is 2. The van der Waals surface area contributed by atoms with Crippen LogP contribution in [0.3, 0.4) is 0 Å². The number of hydrogen-bond donors (Lipinski definition) is 1. The summed E-state index contributed by atoms with van der Waals surface area (Å²) in [5, 5.41) is 9.38. The lowest BCUT2D eigenvalue weighted by Gasteiger charge is -2.26. The summed E-state index contributed by atoms with van der Waals surface area (Å²) in [5.74, 6) is 0. The third-order valence-corrected chi connectivity index (χ3v) is 3.41. The molecule has 0 bridgehead atoms. The van der Waals surface area contributed by atoms with Gasteiger partial charge in [-0.15, -0.1) is 0 Å². The largest absolute Gasteiger partial charge is 0.392 e. The summed E-state index contributed by atoms with van der Waals surface area (Å²) < 4.78 is 0. The SMILES string of the molecule is C[C@@H](O)CN1CCCN2CCCC2C1. The second-order valence-corrected chi connectivity index (χ2v) is 4.79. The molecule has 0 saturated carbocycles. The van der Waals surface area contributed by atoms with Crippen LogP contribution in [-0.2, 0) is 0 Å². The van der Waals surface area contributed by atoms with Crippen LogP contribution >= 0.6 is 0 Å². The Balaban J connectivity index is 1.88. The molecule has 2 aliphatic heterocycles. The van der Waals surface area contributed by atoms with Gasteiger partial charge in [-0.05, 0) is 45.8 Å². The predicted octanol–water partition coefficient (Wildman–Crippen LogP) is 0.537. The first-order valence-electron chi connectivity index (χ1n) is 5.90. The van der Waals surface area contributed by atoms with E-state index in [-0.39, 0.29) is 6.10 Å². The Bertz CT molecular complexity index is 184. The first-order valence-corrected chi connectivity index (χ1v) is 5.90. The minimum Gasteiger partial charge on any atom is -0.392 e. The van der Waals surface area contributed by atoms with Crippen molar-refractivity contribution in [3.8, 4) is 0 Å². The van der Waals surface area contributed by atoms with Gasteiger partial charge in [0, 0.05) is 19.1 Å². The Morgan fingerprint density at radius 2 is 2.07 bits per heavy atom. The van der Waals surface area contributed by atoms with Gasteiger partial charge in [-0.3, -0.25) is 9.80 Å². The van der Waals surface area contributed by atoms with Gasteiger partial charge in [-0.25, -0.2) is 0 Å². The van der Waals surface area contributed by atoms with E-state index in [1.54, 1.807) is 0 Å². The molecule has 3 nitrogen and oxygen atoms in total. The molecule has 0 radical (unpaired) electrons. The van der Waals surface area contributed by atoms with Crippen molar-refractivity contribution >= 4 is 0 Å². The smallest absolute Gasteiger partial charge is 0.0639 e. The van der Waals surface area contributed by atoms with Crippen LogP contribution in [0.1, 0.15) is 26.2 Å². The third-order valence-electron chi connectivity index (χ3n) is 3.41. The summed E-state index contributed by atoms with van der Waals surface area (Å²) >= 11 is 0. The van der Waals surface area contributed by atoms with Crippen molar-refractivity contribution < 1.29 is 5.11 Å². The molecule has 1 unspecified atom stereocenters. The Kier molecular flexibility index (Phi) is 3.42. The van der Waals surface area contributed by atoms with Gasteiger partial charge in [-0.2, -0.15) is 0 Å². The lowest BCUT2D eigenvalue weighted by Crippen LogP contribution is -2.39. The zero-order valence-corrected chi connectivity index (χ0v) is 9.15. The molecular weight excluding hydrogens is 176 g/mol. The quantitative estimate of drug-likeness (QED) is 0.701. The summed E-state index contributed by atoms with van der Waals surface area (Å²) in [7, 11) is 0. The normalized spacial score (nSPS) is 32.6. The lowest BCUT2D eigenvalue weighted by molar-refractivity contribution is 0.120. The van der Waals surface area contributed by atoms with Crippen LogP contribution in [0.5, 0.6) is 0 Å². The molecule has 2 rings (SSSR count). The van der Waals surface area contributed by atoms with Crippen molar-refractivity contribution in [3.05, 3.63) is 0 Å². The Labute approximate surface area is 86.7 Å². The zero-order valence-electron chi connectivity index (χ0n) is 9.15. The fourth-order valence-electron chi connectivity index (χ4n) is 2.82. The second-order valence-electron chi connectivity index (χ2n) is 4.79. The summed E-state index contributed by atoms with van der Waals surface area (Å²) in [6, 6.07) is 0.774. The molecule has 0 spiro atoms. The molecule has 14 heavy (non-hydrogen) atoms. The van der Waals surface area contributed by atoms with Gasteiger partial charge in [0.1, 0.15) is 0 Å². The zero-order chi connectivity index (χ0) is 9.97. The second kappa shape index (κ2) is 4.60. The van der Waals surface area contributed by atoms with Crippen molar-refractivity contribution in [2.45, 2.75) is 38.3 Å². The first kappa shape index (κ1) is 10.4. The van der Waals surface area contributed by atoms with Gasteiger partial charge < -0.3 is 5.11 Å². The molecule has 2 fully saturated rings. The van der Waals surface area contributed by atoms with Gasteiger partial charge in [0.25, 0.3) is 0 Å². The first-order chi connectivity index (χ1) is 6.75. The maximum absolute atomic E-state index is 9.38. The summed E-state index contributed by atoms with van der Waals surface area (Å²) in [6.07, 6.45) is 3.81. The molecule has 3 heteroatoms. The third kappa shape index (κ3) is 2.47. The van der Waals surface area contributed by atoms with Gasteiger partial charge in [0.2, 0.25) is 0 Å². The van der Waals surface area contributed by atoms with E-state index in [0.717, 1.165) is 19.1 Å².